The van der Waals surface area contributed by atoms with Crippen LogP contribution in [0.2, 0.25) is 0 Å². The van der Waals surface area contributed by atoms with Crippen LogP contribution < -0.4 is 5.32 Å². The van der Waals surface area contributed by atoms with Gasteiger partial charge >= 0.3 is 0 Å². The number of nitrogens with zero attached hydrogens (tertiary/aromatic N) is 8. The Bertz CT molecular complexity index is 2140. The number of Topliss-reactive ketones (excluding diaryl/α,β-unsaturated/α-hetero) is 1. The first-order valence-electron chi connectivity index (χ1n) is 14.5. The van der Waals surface area contributed by atoms with Crippen LogP contribution in [0.15, 0.2) is 47.5 Å². The van der Waals surface area contributed by atoms with Crippen molar-refractivity contribution in [3.05, 3.63) is 64.4 Å². The third kappa shape index (κ3) is 4.95. The molecule has 226 valence electrons. The van der Waals surface area contributed by atoms with Crippen LogP contribution in [0.5, 0.6) is 0 Å². The van der Waals surface area contributed by atoms with Crippen LogP contribution >= 0.6 is 15.9 Å². The average molecular weight is 667 g/mol. The highest BCUT2D eigenvalue weighted by molar-refractivity contribution is 9.10. The predicted molar refractivity (Wildman–Crippen MR) is 169 cm³/mol. The molecule has 1 aliphatic carbocycles. The summed E-state index contributed by atoms with van der Waals surface area (Å²) >= 11 is 3.36. The third-order valence-electron chi connectivity index (χ3n) is 8.58. The number of aryl methyl sites for hydroxylation is 2. The first kappa shape index (κ1) is 28.8. The second-order valence-corrected chi connectivity index (χ2v) is 12.6. The van der Waals surface area contributed by atoms with E-state index in [1.54, 1.807) is 33.9 Å². The van der Waals surface area contributed by atoms with E-state index in [9.17, 15) is 14.4 Å². The fourth-order valence-electron chi connectivity index (χ4n) is 6.31. The summed E-state index contributed by atoms with van der Waals surface area (Å²) in [5, 5.41) is 12.5. The van der Waals surface area contributed by atoms with E-state index in [1.165, 1.54) is 11.6 Å². The second kappa shape index (κ2) is 10.6. The summed E-state index contributed by atoms with van der Waals surface area (Å²) in [6.45, 7) is 7.00. The van der Waals surface area contributed by atoms with Crippen molar-refractivity contribution in [2.75, 3.05) is 5.32 Å². The Labute approximate surface area is 266 Å². The molecule has 0 radical (unpaired) electrons. The molecule has 0 spiro atoms. The van der Waals surface area contributed by atoms with Crippen molar-refractivity contribution in [1.29, 1.82) is 0 Å². The smallest absolute Gasteiger partial charge is 0.248 e. The molecule has 45 heavy (non-hydrogen) atoms. The minimum absolute atomic E-state index is 0.185. The number of fused-ring (bicyclic) bond motifs is 3. The van der Waals surface area contributed by atoms with E-state index in [-0.39, 0.29) is 35.9 Å². The Morgan fingerprint density at radius 1 is 1.13 bits per heavy atom. The van der Waals surface area contributed by atoms with Crippen LogP contribution in [0.3, 0.4) is 0 Å². The molecule has 1 N–H and O–H groups in total. The Hall–Kier alpha value is -4.96. The number of ketones is 1. The lowest BCUT2D eigenvalue weighted by Crippen LogP contribution is -2.49. The molecule has 13 heteroatoms. The topological polar surface area (TPSA) is 140 Å². The molecule has 6 heterocycles. The molecule has 7 rings (SSSR count). The van der Waals surface area contributed by atoms with Crippen LogP contribution in [0.4, 0.5) is 5.82 Å². The van der Waals surface area contributed by atoms with Crippen LogP contribution in [-0.4, -0.2) is 68.9 Å². The van der Waals surface area contributed by atoms with Crippen molar-refractivity contribution in [2.24, 2.45) is 5.41 Å². The van der Waals surface area contributed by atoms with Crippen molar-refractivity contribution in [3.8, 4) is 23.1 Å². The zero-order chi connectivity index (χ0) is 31.6. The van der Waals surface area contributed by atoms with Gasteiger partial charge in [0, 0.05) is 42.8 Å². The predicted octanol–water partition coefficient (Wildman–Crippen LogP) is 4.14. The molecule has 0 unspecified atom stereocenters. The molecule has 5 aromatic heterocycles. The maximum atomic E-state index is 14.1. The highest BCUT2D eigenvalue weighted by Crippen LogP contribution is 2.45. The maximum Gasteiger partial charge on any atom is 0.248 e. The van der Waals surface area contributed by atoms with Gasteiger partial charge in [-0.25, -0.2) is 14.5 Å². The zero-order valence-corrected chi connectivity index (χ0v) is 26.6. The largest absolute Gasteiger partial charge is 0.324 e. The first-order chi connectivity index (χ1) is 21.5. The van der Waals surface area contributed by atoms with Crippen LogP contribution in [-0.2, 0) is 16.1 Å². The molecular weight excluding hydrogens is 638 g/mol. The highest BCUT2D eigenvalue weighted by atomic mass is 79.9. The summed E-state index contributed by atoms with van der Waals surface area (Å²) in [7, 11) is 0. The number of anilines is 1. The number of amides is 2. The van der Waals surface area contributed by atoms with Crippen LogP contribution in [0.25, 0.3) is 27.8 Å². The summed E-state index contributed by atoms with van der Waals surface area (Å²) < 4.78 is 3.76. The standard InChI is InChI=1S/C32H28BrN9O3/c1-17-7-8-26(33)36-30(17)37-31(45)23-12-32(4)9-5-6-25(32)42(23)28(44)16-40-24-14-34-22(11-21(24)29(39-40)19(3)43)20-13-35-27-10-18(2)38-41(27)15-20/h7-8,10-11,13-15,23,25H,6,12,16H2,1-4H3,(H,36,37,45)/t23-,25+,32+/m0/s1. The van der Waals surface area contributed by atoms with E-state index in [0.29, 0.717) is 51.1 Å². The van der Waals surface area contributed by atoms with Gasteiger partial charge in [-0.1, -0.05) is 12.0 Å². The Balaban J connectivity index is 1.21. The van der Waals surface area contributed by atoms with Gasteiger partial charge in [0.1, 0.15) is 28.7 Å². The molecular formula is C32H28BrN9O3. The molecule has 12 nitrogen and oxygen atoms in total. The fourth-order valence-corrected chi connectivity index (χ4v) is 6.62. The van der Waals surface area contributed by atoms with Crippen molar-refractivity contribution in [1.82, 2.24) is 39.2 Å². The minimum Gasteiger partial charge on any atom is -0.324 e. The van der Waals surface area contributed by atoms with Gasteiger partial charge in [0.2, 0.25) is 11.8 Å². The van der Waals surface area contributed by atoms with Gasteiger partial charge in [-0.2, -0.15) is 10.2 Å². The molecule has 1 aliphatic heterocycles. The number of likely N-dealkylation sites (tertiary alicyclic amines) is 1. The molecule has 1 fully saturated rings. The van der Waals surface area contributed by atoms with Crippen LogP contribution in [0.1, 0.15) is 48.4 Å². The quantitative estimate of drug-likeness (QED) is 0.162. The monoisotopic (exact) mass is 665 g/mol. The maximum absolute atomic E-state index is 14.1. The number of aromatic nitrogens is 7. The van der Waals surface area contributed by atoms with Gasteiger partial charge in [-0.05, 0) is 60.8 Å². The number of hydrogen-bond acceptors (Lipinski definition) is 8. The Kier molecular flexibility index (Phi) is 6.77. The van der Waals surface area contributed by atoms with Crippen molar-refractivity contribution < 1.29 is 14.4 Å². The number of nitrogens with one attached hydrogen (secondary N) is 1. The zero-order valence-electron chi connectivity index (χ0n) is 25.0. The summed E-state index contributed by atoms with van der Waals surface area (Å²) in [6, 6.07) is 6.27. The van der Waals surface area contributed by atoms with Crippen molar-refractivity contribution in [3.63, 3.8) is 0 Å². The Morgan fingerprint density at radius 2 is 1.96 bits per heavy atom. The Morgan fingerprint density at radius 3 is 2.76 bits per heavy atom. The summed E-state index contributed by atoms with van der Waals surface area (Å²) in [5.41, 5.74) is 3.90. The van der Waals surface area contributed by atoms with E-state index in [0.717, 1.165) is 11.3 Å². The van der Waals surface area contributed by atoms with Crippen molar-refractivity contribution in [2.45, 2.75) is 59.2 Å². The highest BCUT2D eigenvalue weighted by Gasteiger charge is 2.54. The fraction of sp³-hybridized carbons (Fsp3) is 0.312. The number of rotatable bonds is 6. The first-order valence-corrected chi connectivity index (χ1v) is 15.2. The average Bonchev–Trinajstić information content (AvgIpc) is 3.73. The molecule has 2 amide bonds. The van der Waals surface area contributed by atoms with Gasteiger partial charge in [0.15, 0.2) is 11.4 Å². The third-order valence-corrected chi connectivity index (χ3v) is 9.02. The molecule has 5 aromatic rings. The van der Waals surface area contributed by atoms with E-state index in [4.69, 9.17) is 0 Å². The van der Waals surface area contributed by atoms with Gasteiger partial charge in [0.05, 0.1) is 34.6 Å². The van der Waals surface area contributed by atoms with Gasteiger partial charge in [-0.15, -0.1) is 5.92 Å². The molecule has 0 saturated carbocycles. The minimum atomic E-state index is -0.755. The number of carbonyl (C=O) groups is 3. The van der Waals surface area contributed by atoms with E-state index in [2.05, 4.69) is 58.2 Å². The lowest BCUT2D eigenvalue weighted by molar-refractivity contribution is -0.139. The van der Waals surface area contributed by atoms with Gasteiger partial charge in [-0.3, -0.25) is 24.0 Å². The summed E-state index contributed by atoms with van der Waals surface area (Å²) in [4.78, 5) is 55.6. The second-order valence-electron chi connectivity index (χ2n) is 11.8. The SMILES string of the molecule is CC(=O)c1nn(CC(=O)N2[C@H](C(=O)Nc3nc(Br)ccc3C)C[C@@]3(C)C#CC[C@@H]23)c2cnc(-c3cnc4cc(C)nn4c3)cc12. The molecule has 2 aliphatic rings. The van der Waals surface area contributed by atoms with Crippen molar-refractivity contribution >= 4 is 55.9 Å². The summed E-state index contributed by atoms with van der Waals surface area (Å²) in [6.07, 6.45) is 6.00. The molecule has 3 atom stereocenters. The molecule has 0 aromatic carbocycles. The normalized spacial score (nSPS) is 20.3. The van der Waals surface area contributed by atoms with E-state index in [1.807, 2.05) is 39.1 Å². The van der Waals surface area contributed by atoms with Gasteiger partial charge in [0.25, 0.3) is 0 Å². The number of hydrogen-bond donors (Lipinski definition) is 1. The number of carbonyl (C=O) groups excluding carboxylic acids is 3. The molecule has 0 bridgehead atoms. The number of halogens is 1. The lowest BCUT2D eigenvalue weighted by atomic mass is 9.84. The summed E-state index contributed by atoms with van der Waals surface area (Å²) in [5.74, 6) is 5.95. The van der Waals surface area contributed by atoms with E-state index < -0.39 is 11.5 Å². The van der Waals surface area contributed by atoms with E-state index >= 15 is 0 Å². The molecule has 1 saturated heterocycles. The lowest BCUT2D eigenvalue weighted by Gasteiger charge is -2.30. The number of pyridine rings is 2. The van der Waals surface area contributed by atoms with Gasteiger partial charge < -0.3 is 10.2 Å². The van der Waals surface area contributed by atoms with Crippen LogP contribution in [0, 0.1) is 31.1 Å².